The van der Waals surface area contributed by atoms with Crippen LogP contribution >= 0.6 is 0 Å². The van der Waals surface area contributed by atoms with E-state index < -0.39 is 6.10 Å². The second kappa shape index (κ2) is 9.40. The van der Waals surface area contributed by atoms with E-state index in [0.717, 1.165) is 6.42 Å². The van der Waals surface area contributed by atoms with Crippen molar-refractivity contribution in [3.05, 3.63) is 0 Å². The Balaban J connectivity index is 3.77. The van der Waals surface area contributed by atoms with E-state index in [2.05, 4.69) is 0 Å². The molecular weight excluding hydrogens is 184 g/mol. The van der Waals surface area contributed by atoms with Gasteiger partial charge in [0.1, 0.15) is 0 Å². The predicted octanol–water partition coefficient (Wildman–Crippen LogP) is -0.109. The summed E-state index contributed by atoms with van der Waals surface area (Å²) in [7, 11) is 0. The fraction of sp³-hybridized carbons (Fsp3) is 1.00. The quantitative estimate of drug-likeness (QED) is 0.424. The predicted molar refractivity (Wildman–Crippen MR) is 53.8 cm³/mol. The number of hydrogen-bond acceptors (Lipinski definition) is 4. The van der Waals surface area contributed by atoms with E-state index in [1.54, 1.807) is 0 Å². The van der Waals surface area contributed by atoms with Crippen LogP contribution in [0.4, 0.5) is 0 Å². The Morgan fingerprint density at radius 2 is 1.29 bits per heavy atom. The minimum Gasteiger partial charge on any atom is -0.396 e. The zero-order chi connectivity index (χ0) is 10.8. The van der Waals surface area contributed by atoms with Gasteiger partial charge in [-0.25, -0.2) is 0 Å². The zero-order valence-electron chi connectivity index (χ0n) is 8.60. The first-order valence-electron chi connectivity index (χ1n) is 5.26. The highest BCUT2D eigenvalue weighted by molar-refractivity contribution is 4.69. The molecule has 0 aliphatic rings. The van der Waals surface area contributed by atoms with E-state index in [0.29, 0.717) is 25.7 Å². The maximum absolute atomic E-state index is 9.69. The summed E-state index contributed by atoms with van der Waals surface area (Å²) in [5.41, 5.74) is 0. The maximum atomic E-state index is 9.69. The Bertz CT molecular complexity index is 119. The highest BCUT2D eigenvalue weighted by Gasteiger charge is 2.17. The van der Waals surface area contributed by atoms with Crippen molar-refractivity contribution in [3.8, 4) is 0 Å². The third kappa shape index (κ3) is 6.32. The topological polar surface area (TPSA) is 80.9 Å². The molecule has 14 heavy (non-hydrogen) atoms. The van der Waals surface area contributed by atoms with Crippen molar-refractivity contribution in [2.24, 2.45) is 5.92 Å². The van der Waals surface area contributed by atoms with Gasteiger partial charge in [-0.3, -0.25) is 0 Å². The van der Waals surface area contributed by atoms with Crippen LogP contribution in [-0.4, -0.2) is 46.4 Å². The van der Waals surface area contributed by atoms with E-state index in [1.807, 2.05) is 0 Å². The van der Waals surface area contributed by atoms with E-state index in [9.17, 15) is 5.11 Å². The van der Waals surface area contributed by atoms with Crippen LogP contribution in [0.1, 0.15) is 32.1 Å². The Morgan fingerprint density at radius 3 is 1.79 bits per heavy atom. The first-order valence-corrected chi connectivity index (χ1v) is 5.26. The van der Waals surface area contributed by atoms with Gasteiger partial charge < -0.3 is 20.4 Å². The van der Waals surface area contributed by atoms with Gasteiger partial charge in [0, 0.05) is 19.8 Å². The monoisotopic (exact) mass is 206 g/mol. The van der Waals surface area contributed by atoms with Gasteiger partial charge in [0.2, 0.25) is 0 Å². The number of rotatable bonds is 9. The number of aliphatic hydroxyl groups is 4. The number of aliphatic hydroxyl groups excluding tert-OH is 4. The summed E-state index contributed by atoms with van der Waals surface area (Å²) in [6, 6.07) is 0. The van der Waals surface area contributed by atoms with Crippen LogP contribution in [0.25, 0.3) is 0 Å². The molecular formula is C10H22O4. The standard InChI is InChI=1S/C10H22O4/c11-6-1-3-9(5-8-13)10(14)4-2-7-12/h9-14H,1-8H2. The second-order valence-electron chi connectivity index (χ2n) is 3.57. The van der Waals surface area contributed by atoms with Crippen LogP contribution in [0.5, 0.6) is 0 Å². The molecule has 86 valence electrons. The summed E-state index contributed by atoms with van der Waals surface area (Å²) in [5, 5.41) is 35.7. The van der Waals surface area contributed by atoms with Gasteiger partial charge >= 0.3 is 0 Å². The largest absolute Gasteiger partial charge is 0.396 e. The molecule has 0 saturated carbocycles. The lowest BCUT2D eigenvalue weighted by Crippen LogP contribution is -2.22. The van der Waals surface area contributed by atoms with Gasteiger partial charge in [0.05, 0.1) is 6.10 Å². The summed E-state index contributed by atoms with van der Waals surface area (Å²) in [4.78, 5) is 0. The molecule has 0 rings (SSSR count). The minimum atomic E-state index is -0.471. The van der Waals surface area contributed by atoms with Crippen molar-refractivity contribution in [2.75, 3.05) is 19.8 Å². The van der Waals surface area contributed by atoms with Crippen LogP contribution in [0.15, 0.2) is 0 Å². The third-order valence-electron chi connectivity index (χ3n) is 2.44. The van der Waals surface area contributed by atoms with Crippen molar-refractivity contribution >= 4 is 0 Å². The van der Waals surface area contributed by atoms with Gasteiger partial charge in [-0.1, -0.05) is 0 Å². The fourth-order valence-electron chi connectivity index (χ4n) is 1.58. The Hall–Kier alpha value is -0.160. The van der Waals surface area contributed by atoms with Gasteiger partial charge in [-0.05, 0) is 38.0 Å². The van der Waals surface area contributed by atoms with E-state index in [-0.39, 0.29) is 25.7 Å². The lowest BCUT2D eigenvalue weighted by molar-refractivity contribution is 0.0666. The lowest BCUT2D eigenvalue weighted by Gasteiger charge is -2.21. The van der Waals surface area contributed by atoms with Crippen LogP contribution in [-0.2, 0) is 0 Å². The van der Waals surface area contributed by atoms with Crippen molar-refractivity contribution in [1.82, 2.24) is 0 Å². The van der Waals surface area contributed by atoms with Crippen molar-refractivity contribution < 1.29 is 20.4 Å². The molecule has 0 aliphatic heterocycles. The molecule has 0 amide bonds. The van der Waals surface area contributed by atoms with Crippen molar-refractivity contribution in [2.45, 2.75) is 38.2 Å². The molecule has 2 unspecified atom stereocenters. The maximum Gasteiger partial charge on any atom is 0.0570 e. The molecule has 0 heterocycles. The zero-order valence-corrected chi connectivity index (χ0v) is 8.60. The third-order valence-corrected chi connectivity index (χ3v) is 2.44. The SMILES string of the molecule is OCCCC(O)C(CCO)CCCO. The smallest absolute Gasteiger partial charge is 0.0570 e. The molecule has 4 N–H and O–H groups in total. The van der Waals surface area contributed by atoms with E-state index in [4.69, 9.17) is 15.3 Å². The average molecular weight is 206 g/mol. The van der Waals surface area contributed by atoms with Gasteiger partial charge in [-0.15, -0.1) is 0 Å². The first-order chi connectivity index (χ1) is 6.76. The Morgan fingerprint density at radius 1 is 0.714 bits per heavy atom. The Labute approximate surface area is 85.2 Å². The summed E-state index contributed by atoms with van der Waals surface area (Å²) in [6.45, 7) is 0.268. The average Bonchev–Trinajstić information content (AvgIpc) is 2.20. The summed E-state index contributed by atoms with van der Waals surface area (Å²) in [6.07, 6.45) is 2.62. The van der Waals surface area contributed by atoms with Crippen LogP contribution < -0.4 is 0 Å². The normalized spacial score (nSPS) is 15.4. The summed E-state index contributed by atoms with van der Waals surface area (Å²) in [5.74, 6) is 0.0405. The molecule has 0 radical (unpaired) electrons. The second-order valence-corrected chi connectivity index (χ2v) is 3.57. The van der Waals surface area contributed by atoms with Crippen molar-refractivity contribution in [1.29, 1.82) is 0 Å². The van der Waals surface area contributed by atoms with Crippen molar-refractivity contribution in [3.63, 3.8) is 0 Å². The highest BCUT2D eigenvalue weighted by atomic mass is 16.3. The van der Waals surface area contributed by atoms with Gasteiger partial charge in [0.25, 0.3) is 0 Å². The molecule has 0 aliphatic carbocycles. The molecule has 0 aromatic rings. The minimum absolute atomic E-state index is 0.0405. The van der Waals surface area contributed by atoms with E-state index in [1.165, 1.54) is 0 Å². The van der Waals surface area contributed by atoms with Gasteiger partial charge in [0.15, 0.2) is 0 Å². The molecule has 0 bridgehead atoms. The van der Waals surface area contributed by atoms with Crippen LogP contribution in [0, 0.1) is 5.92 Å². The Kier molecular flexibility index (Phi) is 9.29. The first kappa shape index (κ1) is 13.8. The van der Waals surface area contributed by atoms with E-state index >= 15 is 0 Å². The molecule has 0 aromatic carbocycles. The molecule has 0 fully saturated rings. The molecule has 0 aromatic heterocycles. The number of hydrogen-bond donors (Lipinski definition) is 4. The van der Waals surface area contributed by atoms with Crippen LogP contribution in [0.2, 0.25) is 0 Å². The molecule has 4 heteroatoms. The fourth-order valence-corrected chi connectivity index (χ4v) is 1.58. The molecule has 0 saturated heterocycles. The summed E-state index contributed by atoms with van der Waals surface area (Å²) < 4.78 is 0. The molecule has 4 nitrogen and oxygen atoms in total. The van der Waals surface area contributed by atoms with Crippen LogP contribution in [0.3, 0.4) is 0 Å². The summed E-state index contributed by atoms with van der Waals surface area (Å²) >= 11 is 0. The molecule has 2 atom stereocenters. The van der Waals surface area contributed by atoms with Gasteiger partial charge in [-0.2, -0.15) is 0 Å². The molecule has 0 spiro atoms. The highest BCUT2D eigenvalue weighted by Crippen LogP contribution is 2.18. The lowest BCUT2D eigenvalue weighted by atomic mass is 9.91.